The van der Waals surface area contributed by atoms with Crippen LogP contribution in [0.25, 0.3) is 0 Å². The highest BCUT2D eigenvalue weighted by atomic mass is 16.3. The van der Waals surface area contributed by atoms with Gasteiger partial charge in [-0.1, -0.05) is 32.9 Å². The lowest BCUT2D eigenvalue weighted by Crippen LogP contribution is -2.33. The summed E-state index contributed by atoms with van der Waals surface area (Å²) in [6, 6.07) is 7.57. The van der Waals surface area contributed by atoms with E-state index < -0.39 is 0 Å². The second-order valence-corrected chi connectivity index (χ2v) is 4.79. The Morgan fingerprint density at radius 2 is 2.06 bits per heavy atom. The van der Waals surface area contributed by atoms with Crippen molar-refractivity contribution in [3.63, 3.8) is 0 Å². The number of phenolic OH excluding ortho intramolecular Hbond substituents is 1. The molecule has 0 heterocycles. The molecule has 1 rings (SSSR count). The minimum atomic E-state index is 0.268. The number of hydrogen-bond donors (Lipinski definition) is 2. The summed E-state index contributed by atoms with van der Waals surface area (Å²) in [6.45, 7) is 8.68. The highest BCUT2D eigenvalue weighted by Gasteiger charge is 2.21. The van der Waals surface area contributed by atoms with Crippen LogP contribution in [0, 0.1) is 5.41 Å². The Balaban J connectivity index is 2.68. The first-order valence-electron chi connectivity index (χ1n) is 6.08. The van der Waals surface area contributed by atoms with E-state index >= 15 is 0 Å². The fourth-order valence-electron chi connectivity index (χ4n) is 1.90. The maximum atomic E-state index is 9.44. The Kier molecular flexibility index (Phi) is 4.81. The summed E-state index contributed by atoms with van der Waals surface area (Å²) in [6.07, 6.45) is 2.14. The molecule has 0 radical (unpaired) electrons. The first kappa shape index (κ1) is 13.0. The Labute approximate surface area is 98.7 Å². The van der Waals surface area contributed by atoms with Crippen LogP contribution in [0.15, 0.2) is 24.3 Å². The summed E-state index contributed by atoms with van der Waals surface area (Å²) in [5.74, 6) is 0.361. The van der Waals surface area contributed by atoms with E-state index in [-0.39, 0.29) is 5.41 Å². The van der Waals surface area contributed by atoms with Crippen LogP contribution < -0.4 is 5.32 Å². The van der Waals surface area contributed by atoms with Crippen molar-refractivity contribution < 1.29 is 5.11 Å². The lowest BCUT2D eigenvalue weighted by atomic mass is 9.81. The van der Waals surface area contributed by atoms with Crippen molar-refractivity contribution >= 4 is 0 Å². The van der Waals surface area contributed by atoms with Crippen molar-refractivity contribution in [3.8, 4) is 5.75 Å². The van der Waals surface area contributed by atoms with Crippen LogP contribution in [-0.4, -0.2) is 18.2 Å². The van der Waals surface area contributed by atoms with Crippen LogP contribution in [0.3, 0.4) is 0 Å². The van der Waals surface area contributed by atoms with Crippen LogP contribution in [0.4, 0.5) is 0 Å². The zero-order valence-electron chi connectivity index (χ0n) is 10.6. The van der Waals surface area contributed by atoms with E-state index in [0.717, 1.165) is 25.9 Å². The number of hydrogen-bond acceptors (Lipinski definition) is 2. The fraction of sp³-hybridized carbons (Fsp3) is 0.571. The molecule has 0 saturated carbocycles. The van der Waals surface area contributed by atoms with Gasteiger partial charge in [0, 0.05) is 6.54 Å². The second kappa shape index (κ2) is 5.90. The van der Waals surface area contributed by atoms with Gasteiger partial charge < -0.3 is 10.4 Å². The van der Waals surface area contributed by atoms with Crippen LogP contribution in [-0.2, 0) is 6.42 Å². The molecule has 1 aromatic carbocycles. The molecule has 2 N–H and O–H groups in total. The van der Waals surface area contributed by atoms with Gasteiger partial charge in [0.25, 0.3) is 0 Å². The van der Waals surface area contributed by atoms with E-state index in [1.165, 1.54) is 5.56 Å². The van der Waals surface area contributed by atoms with Gasteiger partial charge in [-0.25, -0.2) is 0 Å². The van der Waals surface area contributed by atoms with Gasteiger partial charge in [-0.3, -0.25) is 0 Å². The fourth-order valence-corrected chi connectivity index (χ4v) is 1.90. The standard InChI is InChI=1S/C14H23NO/c1-4-14(3,11-15-5-2)10-12-7-6-8-13(16)9-12/h6-9,15-16H,4-5,10-11H2,1-3H3. The minimum Gasteiger partial charge on any atom is -0.508 e. The van der Waals surface area contributed by atoms with Crippen LogP contribution in [0.5, 0.6) is 5.75 Å². The Morgan fingerprint density at radius 1 is 1.31 bits per heavy atom. The maximum absolute atomic E-state index is 9.44. The number of benzene rings is 1. The predicted molar refractivity (Wildman–Crippen MR) is 68.8 cm³/mol. The van der Waals surface area contributed by atoms with Crippen molar-refractivity contribution in [1.29, 1.82) is 0 Å². The van der Waals surface area contributed by atoms with Gasteiger partial charge >= 0.3 is 0 Å². The number of nitrogens with one attached hydrogen (secondary N) is 1. The van der Waals surface area contributed by atoms with Gasteiger partial charge in [0.2, 0.25) is 0 Å². The van der Waals surface area contributed by atoms with Crippen LogP contribution in [0.1, 0.15) is 32.8 Å². The molecule has 1 aromatic rings. The molecule has 0 saturated heterocycles. The van der Waals surface area contributed by atoms with Crippen molar-refractivity contribution in [3.05, 3.63) is 29.8 Å². The van der Waals surface area contributed by atoms with E-state index in [9.17, 15) is 5.11 Å². The Hall–Kier alpha value is -1.02. The summed E-state index contributed by atoms with van der Waals surface area (Å²) in [5.41, 5.74) is 1.48. The number of aromatic hydroxyl groups is 1. The average molecular weight is 221 g/mol. The van der Waals surface area contributed by atoms with Crippen molar-refractivity contribution in [1.82, 2.24) is 5.32 Å². The highest BCUT2D eigenvalue weighted by molar-refractivity contribution is 5.27. The molecular formula is C14H23NO. The molecule has 1 atom stereocenters. The molecule has 0 aliphatic rings. The lowest BCUT2D eigenvalue weighted by molar-refractivity contribution is 0.292. The summed E-state index contributed by atoms with van der Waals surface area (Å²) in [7, 11) is 0. The third kappa shape index (κ3) is 3.86. The molecule has 2 heteroatoms. The molecule has 0 aliphatic heterocycles. The predicted octanol–water partition coefficient (Wildman–Crippen LogP) is 2.96. The zero-order valence-corrected chi connectivity index (χ0v) is 10.6. The largest absolute Gasteiger partial charge is 0.508 e. The van der Waals surface area contributed by atoms with Crippen molar-refractivity contribution in [2.24, 2.45) is 5.41 Å². The second-order valence-electron chi connectivity index (χ2n) is 4.79. The molecule has 0 aliphatic carbocycles. The van der Waals surface area contributed by atoms with E-state index in [1.54, 1.807) is 6.07 Å². The topological polar surface area (TPSA) is 32.3 Å². The third-order valence-electron chi connectivity index (χ3n) is 3.20. The van der Waals surface area contributed by atoms with E-state index in [0.29, 0.717) is 5.75 Å². The van der Waals surface area contributed by atoms with Crippen LogP contribution in [0.2, 0.25) is 0 Å². The quantitative estimate of drug-likeness (QED) is 0.774. The van der Waals surface area contributed by atoms with E-state index in [2.05, 4.69) is 32.2 Å². The number of rotatable bonds is 6. The normalized spacial score (nSPS) is 14.7. The van der Waals surface area contributed by atoms with Gasteiger partial charge in [-0.05, 0) is 42.5 Å². The monoisotopic (exact) mass is 221 g/mol. The SMILES string of the molecule is CCNCC(C)(CC)Cc1cccc(O)c1. The third-order valence-corrected chi connectivity index (χ3v) is 3.20. The zero-order chi connectivity index (χ0) is 12.0. The molecule has 0 spiro atoms. The maximum Gasteiger partial charge on any atom is 0.115 e. The van der Waals surface area contributed by atoms with Gasteiger partial charge in [-0.15, -0.1) is 0 Å². The van der Waals surface area contributed by atoms with E-state index in [4.69, 9.17) is 0 Å². The average Bonchev–Trinajstić information content (AvgIpc) is 2.26. The van der Waals surface area contributed by atoms with E-state index in [1.807, 2.05) is 12.1 Å². The lowest BCUT2D eigenvalue weighted by Gasteiger charge is -2.28. The first-order valence-corrected chi connectivity index (χ1v) is 6.08. The van der Waals surface area contributed by atoms with Gasteiger partial charge in [0.05, 0.1) is 0 Å². The number of phenols is 1. The molecule has 0 fully saturated rings. The van der Waals surface area contributed by atoms with Crippen LogP contribution >= 0.6 is 0 Å². The Bertz CT molecular complexity index is 324. The molecule has 2 nitrogen and oxygen atoms in total. The molecular weight excluding hydrogens is 198 g/mol. The first-order chi connectivity index (χ1) is 7.59. The van der Waals surface area contributed by atoms with Gasteiger partial charge in [0.1, 0.15) is 5.75 Å². The summed E-state index contributed by atoms with van der Waals surface area (Å²) in [5, 5.41) is 12.9. The molecule has 0 amide bonds. The molecule has 90 valence electrons. The molecule has 16 heavy (non-hydrogen) atoms. The molecule has 1 unspecified atom stereocenters. The van der Waals surface area contributed by atoms with Gasteiger partial charge in [0.15, 0.2) is 0 Å². The highest BCUT2D eigenvalue weighted by Crippen LogP contribution is 2.26. The molecule has 0 bridgehead atoms. The smallest absolute Gasteiger partial charge is 0.115 e. The van der Waals surface area contributed by atoms with Crippen molar-refractivity contribution in [2.45, 2.75) is 33.6 Å². The molecule has 0 aromatic heterocycles. The summed E-state index contributed by atoms with van der Waals surface area (Å²) < 4.78 is 0. The minimum absolute atomic E-state index is 0.268. The summed E-state index contributed by atoms with van der Waals surface area (Å²) >= 11 is 0. The van der Waals surface area contributed by atoms with Crippen molar-refractivity contribution in [2.75, 3.05) is 13.1 Å². The Morgan fingerprint density at radius 3 is 2.62 bits per heavy atom. The van der Waals surface area contributed by atoms with Gasteiger partial charge in [-0.2, -0.15) is 0 Å². The summed E-state index contributed by atoms with van der Waals surface area (Å²) in [4.78, 5) is 0.